The van der Waals surface area contributed by atoms with Gasteiger partial charge in [0.05, 0.1) is 10.3 Å². The maximum Gasteiger partial charge on any atom is 0.261 e. The Kier molecular flexibility index (Phi) is 5.67. The molecule has 0 radical (unpaired) electrons. The summed E-state index contributed by atoms with van der Waals surface area (Å²) in [5.74, 6) is 0.929. The normalized spacial score (nSPS) is 15.6. The molecule has 0 saturated carbocycles. The lowest BCUT2D eigenvalue weighted by molar-refractivity contribution is 0.0943. The average molecular weight is 410 g/mol. The van der Waals surface area contributed by atoms with Gasteiger partial charge in [-0.05, 0) is 38.0 Å². The van der Waals surface area contributed by atoms with Crippen LogP contribution in [0.15, 0.2) is 36.7 Å². The predicted octanol–water partition coefficient (Wildman–Crippen LogP) is 3.85. The van der Waals surface area contributed by atoms with E-state index < -0.39 is 0 Å². The molecule has 1 aliphatic rings. The third-order valence-electron chi connectivity index (χ3n) is 5.60. The lowest BCUT2D eigenvalue weighted by atomic mass is 10.1. The first-order chi connectivity index (χ1) is 14.1. The zero-order valence-corrected chi connectivity index (χ0v) is 18.0. The number of benzene rings is 1. The van der Waals surface area contributed by atoms with Crippen LogP contribution in [0, 0.1) is 6.92 Å². The fraction of sp³-hybridized carbons (Fsp3) is 0.409. The Bertz CT molecular complexity index is 995. The SMILES string of the molecule is CCC(C)NC(=O)c1sc2ncnc(N3CCN(c4ccccc4)CC3)c2c1C. The number of piperazine rings is 1. The molecule has 6 nitrogen and oxygen atoms in total. The van der Waals surface area contributed by atoms with Crippen molar-refractivity contribution in [3.05, 3.63) is 47.1 Å². The second-order valence-electron chi connectivity index (χ2n) is 7.53. The first-order valence-electron chi connectivity index (χ1n) is 10.2. The molecule has 29 heavy (non-hydrogen) atoms. The third kappa shape index (κ3) is 3.92. The molecule has 1 aliphatic heterocycles. The van der Waals surface area contributed by atoms with Gasteiger partial charge in [0.1, 0.15) is 17.0 Å². The van der Waals surface area contributed by atoms with Crippen LogP contribution in [0.2, 0.25) is 0 Å². The van der Waals surface area contributed by atoms with Gasteiger partial charge < -0.3 is 15.1 Å². The van der Waals surface area contributed by atoms with Crippen LogP contribution >= 0.6 is 11.3 Å². The monoisotopic (exact) mass is 409 g/mol. The van der Waals surface area contributed by atoms with Crippen molar-refractivity contribution in [3.63, 3.8) is 0 Å². The number of aromatic nitrogens is 2. The van der Waals surface area contributed by atoms with Crippen molar-refractivity contribution in [1.82, 2.24) is 15.3 Å². The van der Waals surface area contributed by atoms with Crippen molar-refractivity contribution in [3.8, 4) is 0 Å². The minimum atomic E-state index is -0.0142. The number of hydrogen-bond acceptors (Lipinski definition) is 6. The van der Waals surface area contributed by atoms with Gasteiger partial charge in [-0.1, -0.05) is 25.1 Å². The van der Waals surface area contributed by atoms with Crippen molar-refractivity contribution in [1.29, 1.82) is 0 Å². The Morgan fingerprint density at radius 1 is 1.14 bits per heavy atom. The Morgan fingerprint density at radius 2 is 1.83 bits per heavy atom. The van der Waals surface area contributed by atoms with Crippen LogP contribution in [-0.4, -0.2) is 48.1 Å². The Labute approximate surface area is 175 Å². The molecule has 1 aromatic carbocycles. The summed E-state index contributed by atoms with van der Waals surface area (Å²) < 4.78 is 0. The number of anilines is 2. The molecule has 2 aromatic heterocycles. The Hall–Kier alpha value is -2.67. The van der Waals surface area contributed by atoms with E-state index in [1.165, 1.54) is 17.0 Å². The van der Waals surface area contributed by atoms with Gasteiger partial charge in [0.15, 0.2) is 0 Å². The van der Waals surface area contributed by atoms with E-state index in [0.717, 1.165) is 59.1 Å². The molecule has 3 heterocycles. The number of aryl methyl sites for hydroxylation is 1. The summed E-state index contributed by atoms with van der Waals surface area (Å²) in [6, 6.07) is 10.7. The van der Waals surface area contributed by atoms with Crippen LogP contribution < -0.4 is 15.1 Å². The topological polar surface area (TPSA) is 61.4 Å². The maximum atomic E-state index is 12.7. The van der Waals surface area contributed by atoms with E-state index >= 15 is 0 Å². The molecule has 1 unspecified atom stereocenters. The molecule has 1 N–H and O–H groups in total. The molecule has 1 atom stereocenters. The van der Waals surface area contributed by atoms with Crippen molar-refractivity contribution < 1.29 is 4.79 Å². The molecule has 3 aromatic rings. The molecule has 1 amide bonds. The number of nitrogens with zero attached hydrogens (tertiary/aromatic N) is 4. The second-order valence-corrected chi connectivity index (χ2v) is 8.53. The zero-order chi connectivity index (χ0) is 20.4. The lowest BCUT2D eigenvalue weighted by Gasteiger charge is -2.37. The highest BCUT2D eigenvalue weighted by Crippen LogP contribution is 2.35. The molecule has 0 aliphatic carbocycles. The van der Waals surface area contributed by atoms with Crippen LogP contribution in [-0.2, 0) is 0 Å². The number of nitrogens with one attached hydrogen (secondary N) is 1. The number of hydrogen-bond donors (Lipinski definition) is 1. The quantitative estimate of drug-likeness (QED) is 0.693. The lowest BCUT2D eigenvalue weighted by Crippen LogP contribution is -2.46. The van der Waals surface area contributed by atoms with Gasteiger partial charge in [0.25, 0.3) is 5.91 Å². The van der Waals surface area contributed by atoms with Crippen LogP contribution in [0.4, 0.5) is 11.5 Å². The van der Waals surface area contributed by atoms with Crippen molar-refractivity contribution in [2.45, 2.75) is 33.2 Å². The van der Waals surface area contributed by atoms with E-state index in [-0.39, 0.29) is 11.9 Å². The molecule has 0 bridgehead atoms. The minimum absolute atomic E-state index is 0.0142. The predicted molar refractivity (Wildman–Crippen MR) is 120 cm³/mol. The van der Waals surface area contributed by atoms with Gasteiger partial charge in [0, 0.05) is 37.9 Å². The summed E-state index contributed by atoms with van der Waals surface area (Å²) in [4.78, 5) is 28.1. The summed E-state index contributed by atoms with van der Waals surface area (Å²) in [6.45, 7) is 9.78. The second kappa shape index (κ2) is 8.37. The van der Waals surface area contributed by atoms with Gasteiger partial charge in [-0.2, -0.15) is 0 Å². The number of carbonyl (C=O) groups excluding carboxylic acids is 1. The fourth-order valence-corrected chi connectivity index (χ4v) is 4.76. The van der Waals surface area contributed by atoms with E-state index in [2.05, 4.69) is 56.3 Å². The van der Waals surface area contributed by atoms with E-state index in [1.807, 2.05) is 19.9 Å². The first-order valence-corrected chi connectivity index (χ1v) is 11.0. The highest BCUT2D eigenvalue weighted by atomic mass is 32.1. The molecular weight excluding hydrogens is 382 g/mol. The smallest absolute Gasteiger partial charge is 0.261 e. The highest BCUT2D eigenvalue weighted by Gasteiger charge is 2.25. The molecule has 4 rings (SSSR count). The molecule has 7 heteroatoms. The van der Waals surface area contributed by atoms with Gasteiger partial charge in [-0.25, -0.2) is 9.97 Å². The van der Waals surface area contributed by atoms with Gasteiger partial charge in [-0.15, -0.1) is 11.3 Å². The van der Waals surface area contributed by atoms with Crippen molar-refractivity contribution in [2.75, 3.05) is 36.0 Å². The number of amides is 1. The van der Waals surface area contributed by atoms with E-state index in [9.17, 15) is 4.79 Å². The molecule has 1 saturated heterocycles. The van der Waals surface area contributed by atoms with Crippen LogP contribution in [0.5, 0.6) is 0 Å². The van der Waals surface area contributed by atoms with Gasteiger partial charge in [-0.3, -0.25) is 4.79 Å². The van der Waals surface area contributed by atoms with E-state index in [0.29, 0.717) is 0 Å². The van der Waals surface area contributed by atoms with Gasteiger partial charge in [0.2, 0.25) is 0 Å². The first kappa shape index (κ1) is 19.6. The third-order valence-corrected chi connectivity index (χ3v) is 6.80. The number of rotatable bonds is 5. The number of carbonyl (C=O) groups is 1. The molecule has 1 fully saturated rings. The van der Waals surface area contributed by atoms with Gasteiger partial charge >= 0.3 is 0 Å². The largest absolute Gasteiger partial charge is 0.368 e. The average Bonchev–Trinajstić information content (AvgIpc) is 3.11. The minimum Gasteiger partial charge on any atom is -0.368 e. The summed E-state index contributed by atoms with van der Waals surface area (Å²) in [7, 11) is 0. The summed E-state index contributed by atoms with van der Waals surface area (Å²) in [5.41, 5.74) is 2.24. The Morgan fingerprint density at radius 3 is 2.52 bits per heavy atom. The van der Waals surface area contributed by atoms with Crippen molar-refractivity contribution in [2.24, 2.45) is 0 Å². The molecule has 152 valence electrons. The number of para-hydroxylation sites is 1. The zero-order valence-electron chi connectivity index (χ0n) is 17.2. The van der Waals surface area contributed by atoms with E-state index in [1.54, 1.807) is 6.33 Å². The van der Waals surface area contributed by atoms with Crippen LogP contribution in [0.1, 0.15) is 35.5 Å². The summed E-state index contributed by atoms with van der Waals surface area (Å²) in [5, 5.41) is 4.09. The molecular formula is C22H27N5OS. The highest BCUT2D eigenvalue weighted by molar-refractivity contribution is 7.20. The maximum absolute atomic E-state index is 12.7. The van der Waals surface area contributed by atoms with Crippen molar-refractivity contribution >= 4 is 39.0 Å². The molecule has 0 spiro atoms. The van der Waals surface area contributed by atoms with E-state index in [4.69, 9.17) is 0 Å². The summed E-state index contributed by atoms with van der Waals surface area (Å²) in [6.07, 6.45) is 2.53. The standard InChI is InChI=1S/C22H27N5OS/c1-4-15(2)25-21(28)19-16(3)18-20(23-14-24-22(18)29-19)27-12-10-26(11-13-27)17-8-6-5-7-9-17/h5-9,14-15H,4,10-13H2,1-3H3,(H,25,28). The summed E-state index contributed by atoms with van der Waals surface area (Å²) >= 11 is 1.46. The number of fused-ring (bicyclic) bond motifs is 1. The number of thiophene rings is 1. The van der Waals surface area contributed by atoms with Crippen LogP contribution in [0.25, 0.3) is 10.2 Å². The van der Waals surface area contributed by atoms with Crippen LogP contribution in [0.3, 0.4) is 0 Å². The Balaban J connectivity index is 1.58. The fourth-order valence-electron chi connectivity index (χ4n) is 3.72.